The van der Waals surface area contributed by atoms with Crippen molar-refractivity contribution in [3.8, 4) is 0 Å². The maximum Gasteiger partial charge on any atom is 0.347 e. The molecule has 0 aliphatic rings. The number of halogens is 1. The zero-order valence-electron chi connectivity index (χ0n) is 9.82. The Balaban J connectivity index is 2.35. The largest absolute Gasteiger partial charge is 0.477 e. The van der Waals surface area contributed by atoms with Gasteiger partial charge in [0, 0.05) is 0 Å². The number of nitrogens with zero attached hydrogens (tertiary/aromatic N) is 1. The van der Waals surface area contributed by atoms with Gasteiger partial charge in [-0.2, -0.15) is 0 Å². The van der Waals surface area contributed by atoms with Crippen LogP contribution in [0.5, 0.6) is 0 Å². The van der Waals surface area contributed by atoms with Crippen molar-refractivity contribution in [2.45, 2.75) is 13.8 Å². The number of para-hydroxylation sites is 1. The van der Waals surface area contributed by atoms with Crippen molar-refractivity contribution in [1.82, 2.24) is 4.98 Å². The number of nitrogens with one attached hydrogen (secondary N) is 1. The molecule has 0 spiro atoms. The van der Waals surface area contributed by atoms with E-state index in [1.165, 1.54) is 6.07 Å². The lowest BCUT2D eigenvalue weighted by molar-refractivity contribution is 0.0701. The van der Waals surface area contributed by atoms with Crippen molar-refractivity contribution in [3.05, 3.63) is 40.2 Å². The number of carboxylic acid groups (broad SMARTS) is 1. The molecule has 6 heteroatoms. The van der Waals surface area contributed by atoms with Gasteiger partial charge in [0.15, 0.2) is 5.13 Å². The number of hydrogen-bond donors (Lipinski definition) is 2. The van der Waals surface area contributed by atoms with Crippen molar-refractivity contribution >= 4 is 28.1 Å². The van der Waals surface area contributed by atoms with E-state index in [1.807, 2.05) is 0 Å². The summed E-state index contributed by atoms with van der Waals surface area (Å²) in [6.07, 6.45) is 0. The molecule has 0 unspecified atom stereocenters. The van der Waals surface area contributed by atoms with Crippen molar-refractivity contribution in [2.75, 3.05) is 5.32 Å². The second-order valence-electron chi connectivity index (χ2n) is 3.80. The van der Waals surface area contributed by atoms with Crippen molar-refractivity contribution < 1.29 is 14.3 Å². The number of hydrogen-bond acceptors (Lipinski definition) is 4. The lowest BCUT2D eigenvalue weighted by atomic mass is 10.2. The van der Waals surface area contributed by atoms with Crippen molar-refractivity contribution in [1.29, 1.82) is 0 Å². The average Bonchev–Trinajstić information content (AvgIpc) is 2.65. The number of aromatic nitrogens is 1. The molecule has 1 aromatic carbocycles. The van der Waals surface area contributed by atoms with Crippen LogP contribution in [-0.4, -0.2) is 16.1 Å². The molecule has 4 nitrogen and oxygen atoms in total. The third-order valence-corrected chi connectivity index (χ3v) is 3.51. The fourth-order valence-corrected chi connectivity index (χ4v) is 2.36. The van der Waals surface area contributed by atoms with E-state index in [0.717, 1.165) is 16.9 Å². The number of thiazole rings is 1. The Bertz CT molecular complexity index is 590. The number of aryl methyl sites for hydroxylation is 2. The monoisotopic (exact) mass is 266 g/mol. The van der Waals surface area contributed by atoms with Crippen LogP contribution in [0, 0.1) is 19.7 Å². The summed E-state index contributed by atoms with van der Waals surface area (Å²) >= 11 is 0.991. The lowest BCUT2D eigenvalue weighted by Crippen LogP contribution is -1.96. The molecular formula is C12H11FN2O2S. The standard InChI is InChI=1S/C12H11FN2O2S/c1-6-4-3-5-8(13)9(6)15-12-14-7(2)10(18-12)11(16)17/h3-5H,1-2H3,(H,14,15)(H,16,17). The van der Waals surface area contributed by atoms with E-state index in [4.69, 9.17) is 5.11 Å². The van der Waals surface area contributed by atoms with E-state index in [9.17, 15) is 9.18 Å². The minimum Gasteiger partial charge on any atom is -0.477 e. The summed E-state index contributed by atoms with van der Waals surface area (Å²) in [7, 11) is 0. The van der Waals surface area contributed by atoms with Gasteiger partial charge in [-0.3, -0.25) is 0 Å². The normalized spacial score (nSPS) is 10.4. The minimum atomic E-state index is -1.02. The molecule has 0 atom stereocenters. The molecule has 2 N–H and O–H groups in total. The van der Waals surface area contributed by atoms with E-state index < -0.39 is 5.97 Å². The van der Waals surface area contributed by atoms with E-state index in [0.29, 0.717) is 16.5 Å². The molecule has 1 heterocycles. The quantitative estimate of drug-likeness (QED) is 0.894. The number of rotatable bonds is 3. The van der Waals surface area contributed by atoms with Gasteiger partial charge in [0.25, 0.3) is 0 Å². The first-order chi connectivity index (χ1) is 8.49. The second-order valence-corrected chi connectivity index (χ2v) is 4.79. The Morgan fingerprint density at radius 3 is 2.72 bits per heavy atom. The van der Waals surface area contributed by atoms with Gasteiger partial charge in [0.05, 0.1) is 11.4 Å². The molecule has 0 aliphatic carbocycles. The fourth-order valence-electron chi connectivity index (χ4n) is 1.55. The zero-order valence-corrected chi connectivity index (χ0v) is 10.6. The summed E-state index contributed by atoms with van der Waals surface area (Å²) in [5.41, 5.74) is 1.48. The SMILES string of the molecule is Cc1cccc(F)c1Nc1nc(C)c(C(=O)O)s1. The maximum atomic E-state index is 13.6. The highest BCUT2D eigenvalue weighted by Crippen LogP contribution is 2.28. The van der Waals surface area contributed by atoms with Gasteiger partial charge in [0.1, 0.15) is 10.7 Å². The molecule has 18 heavy (non-hydrogen) atoms. The van der Waals surface area contributed by atoms with Gasteiger partial charge in [-0.15, -0.1) is 0 Å². The summed E-state index contributed by atoms with van der Waals surface area (Å²) in [6.45, 7) is 3.38. The highest BCUT2D eigenvalue weighted by Gasteiger charge is 2.15. The Hall–Kier alpha value is -1.95. The van der Waals surface area contributed by atoms with E-state index >= 15 is 0 Å². The molecule has 1 aromatic heterocycles. The summed E-state index contributed by atoms with van der Waals surface area (Å²) in [5, 5.41) is 12.1. The summed E-state index contributed by atoms with van der Waals surface area (Å²) < 4.78 is 13.6. The molecule has 0 saturated carbocycles. The third-order valence-electron chi connectivity index (χ3n) is 2.44. The van der Waals surface area contributed by atoms with Crippen LogP contribution in [-0.2, 0) is 0 Å². The van der Waals surface area contributed by atoms with E-state index in [1.54, 1.807) is 26.0 Å². The van der Waals surface area contributed by atoms with E-state index in [-0.39, 0.29) is 10.7 Å². The molecule has 0 radical (unpaired) electrons. The van der Waals surface area contributed by atoms with Gasteiger partial charge in [-0.25, -0.2) is 14.2 Å². The number of carboxylic acids is 1. The Kier molecular flexibility index (Phi) is 3.29. The zero-order chi connectivity index (χ0) is 13.3. The van der Waals surface area contributed by atoms with Gasteiger partial charge in [-0.05, 0) is 25.5 Å². The third kappa shape index (κ3) is 2.33. The molecule has 0 aliphatic heterocycles. The predicted molar refractivity (Wildman–Crippen MR) is 68.2 cm³/mol. The summed E-state index contributed by atoms with van der Waals surface area (Å²) in [5.74, 6) is -1.41. The Morgan fingerprint density at radius 1 is 1.44 bits per heavy atom. The minimum absolute atomic E-state index is 0.159. The topological polar surface area (TPSA) is 62.2 Å². The maximum absolute atomic E-state index is 13.6. The van der Waals surface area contributed by atoms with Gasteiger partial charge >= 0.3 is 5.97 Å². The van der Waals surface area contributed by atoms with Crippen LogP contribution in [0.1, 0.15) is 20.9 Å². The predicted octanol–water partition coefficient (Wildman–Crippen LogP) is 3.34. The molecule has 0 amide bonds. The van der Waals surface area contributed by atoms with Crippen LogP contribution in [0.3, 0.4) is 0 Å². The molecule has 94 valence electrons. The number of carbonyl (C=O) groups is 1. The van der Waals surface area contributed by atoms with Gasteiger partial charge < -0.3 is 10.4 Å². The average molecular weight is 266 g/mol. The molecule has 0 fully saturated rings. The molecule has 2 aromatic rings. The smallest absolute Gasteiger partial charge is 0.347 e. The van der Waals surface area contributed by atoms with Gasteiger partial charge in [-0.1, -0.05) is 23.5 Å². The number of aromatic carboxylic acids is 1. The molecule has 0 bridgehead atoms. The highest BCUT2D eigenvalue weighted by atomic mass is 32.1. The van der Waals surface area contributed by atoms with Crippen LogP contribution in [0.2, 0.25) is 0 Å². The summed E-state index contributed by atoms with van der Waals surface area (Å²) in [4.78, 5) is 15.1. The first-order valence-electron chi connectivity index (χ1n) is 5.22. The van der Waals surface area contributed by atoms with E-state index in [2.05, 4.69) is 10.3 Å². The van der Waals surface area contributed by atoms with Crippen LogP contribution >= 0.6 is 11.3 Å². The molecule has 0 saturated heterocycles. The number of anilines is 2. The highest BCUT2D eigenvalue weighted by molar-refractivity contribution is 7.17. The van der Waals surface area contributed by atoms with Crippen LogP contribution in [0.25, 0.3) is 0 Å². The van der Waals surface area contributed by atoms with Crippen LogP contribution in [0.4, 0.5) is 15.2 Å². The molecule has 2 rings (SSSR count). The first-order valence-corrected chi connectivity index (χ1v) is 6.03. The second kappa shape index (κ2) is 4.73. The fraction of sp³-hybridized carbons (Fsp3) is 0.167. The van der Waals surface area contributed by atoms with Crippen LogP contribution < -0.4 is 5.32 Å². The molecular weight excluding hydrogens is 255 g/mol. The van der Waals surface area contributed by atoms with Crippen molar-refractivity contribution in [3.63, 3.8) is 0 Å². The Labute approximate surface area is 107 Å². The summed E-state index contributed by atoms with van der Waals surface area (Å²) in [6, 6.07) is 4.73. The van der Waals surface area contributed by atoms with Crippen molar-refractivity contribution in [2.24, 2.45) is 0 Å². The number of benzene rings is 1. The first kappa shape index (κ1) is 12.5. The Morgan fingerprint density at radius 2 is 2.17 bits per heavy atom. The van der Waals surface area contributed by atoms with Crippen LogP contribution in [0.15, 0.2) is 18.2 Å². The van der Waals surface area contributed by atoms with Gasteiger partial charge in [0.2, 0.25) is 0 Å². The lowest BCUT2D eigenvalue weighted by Gasteiger charge is -2.07.